The maximum absolute atomic E-state index is 11.8. The fourth-order valence-corrected chi connectivity index (χ4v) is 2.07. The van der Waals surface area contributed by atoms with Gasteiger partial charge >= 0.3 is 5.97 Å². The maximum Gasteiger partial charge on any atom is 0.338 e. The minimum Gasteiger partial charge on any atom is -0.452 e. The first-order valence-corrected chi connectivity index (χ1v) is 6.39. The lowest BCUT2D eigenvalue weighted by molar-refractivity contribution is -0.133. The lowest BCUT2D eigenvalue weighted by Gasteiger charge is -2.15. The summed E-state index contributed by atoms with van der Waals surface area (Å²) in [5.41, 5.74) is 7.55. The normalized spacial score (nSPS) is 14.5. The van der Waals surface area contributed by atoms with Gasteiger partial charge in [-0.25, -0.2) is 4.79 Å². The summed E-state index contributed by atoms with van der Waals surface area (Å²) in [5.74, 6) is -0.617. The number of aryl methyl sites for hydroxylation is 1. The molecule has 0 radical (unpaired) electrons. The van der Waals surface area contributed by atoms with Crippen molar-refractivity contribution in [1.82, 2.24) is 4.90 Å². The van der Waals surface area contributed by atoms with Crippen molar-refractivity contribution >= 4 is 17.6 Å². The molecule has 1 aliphatic rings. The predicted octanol–water partition coefficient (Wildman–Crippen LogP) is 1.36. The van der Waals surface area contributed by atoms with E-state index in [-0.39, 0.29) is 12.5 Å². The van der Waals surface area contributed by atoms with E-state index in [9.17, 15) is 9.59 Å². The van der Waals surface area contributed by atoms with Gasteiger partial charge in [0, 0.05) is 18.8 Å². The van der Waals surface area contributed by atoms with Crippen LogP contribution >= 0.6 is 0 Å². The number of carbonyl (C=O) groups is 2. The van der Waals surface area contributed by atoms with Crippen molar-refractivity contribution in [3.63, 3.8) is 0 Å². The molecule has 1 aromatic carbocycles. The van der Waals surface area contributed by atoms with Crippen LogP contribution in [0.4, 0.5) is 5.69 Å². The molecule has 2 N–H and O–H groups in total. The molecule has 102 valence electrons. The molecule has 19 heavy (non-hydrogen) atoms. The van der Waals surface area contributed by atoms with Gasteiger partial charge in [0.1, 0.15) is 0 Å². The fourth-order valence-electron chi connectivity index (χ4n) is 2.07. The van der Waals surface area contributed by atoms with E-state index < -0.39 is 5.97 Å². The van der Waals surface area contributed by atoms with E-state index in [1.54, 1.807) is 23.1 Å². The molecule has 0 aromatic heterocycles. The standard InChI is InChI=1S/C14H18N2O3/c1-10-8-11(4-5-12(10)15)14(18)19-9-13(17)16-6-2-3-7-16/h4-5,8H,2-3,6-7,9,15H2,1H3. The van der Waals surface area contributed by atoms with E-state index in [0.717, 1.165) is 31.5 Å². The molecule has 1 aliphatic heterocycles. The summed E-state index contributed by atoms with van der Waals surface area (Å²) in [6, 6.07) is 4.93. The second kappa shape index (κ2) is 5.73. The number of rotatable bonds is 3. The van der Waals surface area contributed by atoms with Gasteiger partial charge in [-0.05, 0) is 43.5 Å². The first-order chi connectivity index (χ1) is 9.08. The Labute approximate surface area is 112 Å². The highest BCUT2D eigenvalue weighted by Crippen LogP contribution is 2.14. The molecule has 1 heterocycles. The summed E-state index contributed by atoms with van der Waals surface area (Å²) < 4.78 is 5.03. The first kappa shape index (κ1) is 13.4. The largest absolute Gasteiger partial charge is 0.452 e. The number of benzene rings is 1. The van der Waals surface area contributed by atoms with E-state index in [1.165, 1.54) is 0 Å². The molecule has 1 saturated heterocycles. The number of nitrogens with zero attached hydrogens (tertiary/aromatic N) is 1. The van der Waals surface area contributed by atoms with Gasteiger partial charge in [0.05, 0.1) is 5.56 Å². The number of likely N-dealkylation sites (tertiary alicyclic amines) is 1. The Hall–Kier alpha value is -2.04. The van der Waals surface area contributed by atoms with Crippen LogP contribution in [-0.4, -0.2) is 36.5 Å². The first-order valence-electron chi connectivity index (χ1n) is 6.39. The Bertz CT molecular complexity index is 493. The lowest BCUT2D eigenvalue weighted by atomic mass is 10.1. The van der Waals surface area contributed by atoms with Gasteiger partial charge in [-0.2, -0.15) is 0 Å². The molecule has 2 rings (SSSR count). The Morgan fingerprint density at radius 2 is 2.00 bits per heavy atom. The zero-order valence-corrected chi connectivity index (χ0v) is 11.0. The molecule has 0 atom stereocenters. The van der Waals surface area contributed by atoms with Crippen LogP contribution in [0, 0.1) is 6.92 Å². The van der Waals surface area contributed by atoms with E-state index >= 15 is 0 Å². The van der Waals surface area contributed by atoms with Crippen molar-refractivity contribution in [3.8, 4) is 0 Å². The Balaban J connectivity index is 1.90. The van der Waals surface area contributed by atoms with Crippen LogP contribution in [0.25, 0.3) is 0 Å². The summed E-state index contributed by atoms with van der Waals surface area (Å²) in [6.07, 6.45) is 2.05. The van der Waals surface area contributed by atoms with E-state index in [2.05, 4.69) is 0 Å². The van der Waals surface area contributed by atoms with Crippen molar-refractivity contribution in [3.05, 3.63) is 29.3 Å². The molecule has 0 spiro atoms. The smallest absolute Gasteiger partial charge is 0.338 e. The number of esters is 1. The quantitative estimate of drug-likeness (QED) is 0.659. The van der Waals surface area contributed by atoms with Gasteiger partial charge in [0.15, 0.2) is 6.61 Å². The molecule has 1 fully saturated rings. The third kappa shape index (κ3) is 3.24. The summed E-state index contributed by atoms with van der Waals surface area (Å²) in [6.45, 7) is 3.15. The highest BCUT2D eigenvalue weighted by molar-refractivity contribution is 5.92. The van der Waals surface area contributed by atoms with Crippen molar-refractivity contribution < 1.29 is 14.3 Å². The number of nitrogen functional groups attached to an aromatic ring is 1. The van der Waals surface area contributed by atoms with Gasteiger partial charge in [-0.1, -0.05) is 0 Å². The number of hydrogen-bond acceptors (Lipinski definition) is 4. The van der Waals surface area contributed by atoms with Crippen LogP contribution < -0.4 is 5.73 Å². The molecule has 1 amide bonds. The fraction of sp³-hybridized carbons (Fsp3) is 0.429. The predicted molar refractivity (Wildman–Crippen MR) is 71.7 cm³/mol. The highest BCUT2D eigenvalue weighted by atomic mass is 16.5. The van der Waals surface area contributed by atoms with Crippen molar-refractivity contribution in [2.45, 2.75) is 19.8 Å². The summed E-state index contributed by atoms with van der Waals surface area (Å²) >= 11 is 0. The Morgan fingerprint density at radius 3 is 2.63 bits per heavy atom. The number of carbonyl (C=O) groups excluding carboxylic acids is 2. The molecular weight excluding hydrogens is 244 g/mol. The average molecular weight is 262 g/mol. The van der Waals surface area contributed by atoms with Gasteiger partial charge in [-0.3, -0.25) is 4.79 Å². The molecule has 1 aromatic rings. The summed E-state index contributed by atoms with van der Waals surface area (Å²) in [7, 11) is 0. The van der Waals surface area contributed by atoms with Crippen LogP contribution in [0.1, 0.15) is 28.8 Å². The number of nitrogens with two attached hydrogens (primary N) is 1. The Kier molecular flexibility index (Phi) is 4.04. The maximum atomic E-state index is 11.8. The third-order valence-electron chi connectivity index (χ3n) is 3.29. The molecule has 0 saturated carbocycles. The van der Waals surface area contributed by atoms with E-state index in [0.29, 0.717) is 11.3 Å². The number of amides is 1. The minimum atomic E-state index is -0.490. The minimum absolute atomic E-state index is 0.127. The second-order valence-corrected chi connectivity index (χ2v) is 4.74. The van der Waals surface area contributed by atoms with Gasteiger partial charge in [0.25, 0.3) is 5.91 Å². The van der Waals surface area contributed by atoms with Crippen LogP contribution in [0.15, 0.2) is 18.2 Å². The molecule has 0 unspecified atom stereocenters. The molecule has 0 bridgehead atoms. The van der Waals surface area contributed by atoms with Crippen LogP contribution in [0.2, 0.25) is 0 Å². The number of hydrogen-bond donors (Lipinski definition) is 1. The van der Waals surface area contributed by atoms with Crippen LogP contribution in [0.5, 0.6) is 0 Å². The molecule has 5 heteroatoms. The van der Waals surface area contributed by atoms with Crippen LogP contribution in [-0.2, 0) is 9.53 Å². The second-order valence-electron chi connectivity index (χ2n) is 4.74. The average Bonchev–Trinajstić information content (AvgIpc) is 2.92. The van der Waals surface area contributed by atoms with E-state index in [4.69, 9.17) is 10.5 Å². The third-order valence-corrected chi connectivity index (χ3v) is 3.29. The van der Waals surface area contributed by atoms with Crippen molar-refractivity contribution in [2.75, 3.05) is 25.4 Å². The number of anilines is 1. The SMILES string of the molecule is Cc1cc(C(=O)OCC(=O)N2CCCC2)ccc1N. The zero-order valence-electron chi connectivity index (χ0n) is 11.0. The molecule has 0 aliphatic carbocycles. The highest BCUT2D eigenvalue weighted by Gasteiger charge is 2.19. The van der Waals surface area contributed by atoms with Crippen molar-refractivity contribution in [1.29, 1.82) is 0 Å². The molecular formula is C14H18N2O3. The topological polar surface area (TPSA) is 72.6 Å². The zero-order chi connectivity index (χ0) is 13.8. The number of ether oxygens (including phenoxy) is 1. The van der Waals surface area contributed by atoms with Gasteiger partial charge in [0.2, 0.25) is 0 Å². The lowest BCUT2D eigenvalue weighted by Crippen LogP contribution is -2.32. The van der Waals surface area contributed by atoms with Gasteiger partial charge < -0.3 is 15.4 Å². The molecule has 5 nitrogen and oxygen atoms in total. The summed E-state index contributed by atoms with van der Waals surface area (Å²) in [5, 5.41) is 0. The van der Waals surface area contributed by atoms with E-state index in [1.807, 2.05) is 6.92 Å². The van der Waals surface area contributed by atoms with Crippen molar-refractivity contribution in [2.24, 2.45) is 0 Å². The Morgan fingerprint density at radius 1 is 1.32 bits per heavy atom. The van der Waals surface area contributed by atoms with Crippen LogP contribution in [0.3, 0.4) is 0 Å². The van der Waals surface area contributed by atoms with Gasteiger partial charge in [-0.15, -0.1) is 0 Å². The monoisotopic (exact) mass is 262 g/mol. The summed E-state index contributed by atoms with van der Waals surface area (Å²) in [4.78, 5) is 25.2.